The third-order valence-corrected chi connectivity index (χ3v) is 2.78. The molecule has 1 aromatic rings. The SMILES string of the molecule is CC(=O)C(COCc1ccccc1)NC(=O)C(C)(C)N. The Morgan fingerprint density at radius 2 is 1.90 bits per heavy atom. The lowest BCUT2D eigenvalue weighted by atomic mass is 10.1. The molecule has 0 aliphatic heterocycles. The van der Waals surface area contributed by atoms with Crippen molar-refractivity contribution in [3.8, 4) is 0 Å². The Morgan fingerprint density at radius 1 is 1.30 bits per heavy atom. The Kier molecular flexibility index (Phi) is 5.85. The summed E-state index contributed by atoms with van der Waals surface area (Å²) in [5.41, 5.74) is 5.68. The van der Waals surface area contributed by atoms with Crippen molar-refractivity contribution in [2.75, 3.05) is 6.61 Å². The van der Waals surface area contributed by atoms with Crippen LogP contribution >= 0.6 is 0 Å². The minimum absolute atomic E-state index is 0.131. The Morgan fingerprint density at radius 3 is 2.40 bits per heavy atom. The third kappa shape index (κ3) is 5.50. The normalized spacial score (nSPS) is 12.8. The fraction of sp³-hybridized carbons (Fsp3) is 0.467. The van der Waals surface area contributed by atoms with Gasteiger partial charge in [-0.2, -0.15) is 0 Å². The van der Waals surface area contributed by atoms with Gasteiger partial charge in [-0.1, -0.05) is 30.3 Å². The summed E-state index contributed by atoms with van der Waals surface area (Å²) < 4.78 is 5.48. The molecular formula is C15H22N2O3. The average Bonchev–Trinajstić information content (AvgIpc) is 2.37. The summed E-state index contributed by atoms with van der Waals surface area (Å²) in [4.78, 5) is 23.3. The number of hydrogen-bond acceptors (Lipinski definition) is 4. The van der Waals surface area contributed by atoms with Crippen LogP contribution in [-0.4, -0.2) is 29.9 Å². The van der Waals surface area contributed by atoms with Gasteiger partial charge in [0.1, 0.15) is 6.04 Å². The number of Topliss-reactive ketones (excluding diaryl/α,β-unsaturated/α-hetero) is 1. The van der Waals surface area contributed by atoms with Crippen molar-refractivity contribution >= 4 is 11.7 Å². The van der Waals surface area contributed by atoms with Crippen LogP contribution in [0.2, 0.25) is 0 Å². The first kappa shape index (κ1) is 16.3. The predicted octanol–water partition coefficient (Wildman–Crippen LogP) is 1.01. The van der Waals surface area contributed by atoms with Crippen LogP contribution in [0.5, 0.6) is 0 Å². The summed E-state index contributed by atoms with van der Waals surface area (Å²) >= 11 is 0. The van der Waals surface area contributed by atoms with E-state index in [-0.39, 0.29) is 18.3 Å². The number of rotatable bonds is 7. The van der Waals surface area contributed by atoms with E-state index in [9.17, 15) is 9.59 Å². The summed E-state index contributed by atoms with van der Waals surface area (Å²) in [5.74, 6) is -0.531. The molecule has 0 aliphatic rings. The van der Waals surface area contributed by atoms with Crippen LogP contribution < -0.4 is 11.1 Å². The van der Waals surface area contributed by atoms with Crippen molar-refractivity contribution in [1.29, 1.82) is 0 Å². The van der Waals surface area contributed by atoms with Gasteiger partial charge in [-0.05, 0) is 26.3 Å². The van der Waals surface area contributed by atoms with Gasteiger partial charge in [-0.15, -0.1) is 0 Å². The van der Waals surface area contributed by atoms with Gasteiger partial charge in [-0.3, -0.25) is 9.59 Å². The fourth-order valence-electron chi connectivity index (χ4n) is 1.47. The highest BCUT2D eigenvalue weighted by molar-refractivity contribution is 5.91. The summed E-state index contributed by atoms with van der Waals surface area (Å²) in [7, 11) is 0. The van der Waals surface area contributed by atoms with E-state index in [1.54, 1.807) is 13.8 Å². The van der Waals surface area contributed by atoms with E-state index in [1.807, 2.05) is 30.3 Å². The lowest BCUT2D eigenvalue weighted by molar-refractivity contribution is -0.131. The first-order chi connectivity index (χ1) is 9.30. The summed E-state index contributed by atoms with van der Waals surface area (Å²) in [5, 5.41) is 2.60. The largest absolute Gasteiger partial charge is 0.374 e. The van der Waals surface area contributed by atoms with E-state index in [0.29, 0.717) is 6.61 Å². The molecule has 0 aromatic heterocycles. The van der Waals surface area contributed by atoms with Gasteiger partial charge in [0.25, 0.3) is 0 Å². The molecule has 1 aromatic carbocycles. The molecule has 0 saturated carbocycles. The highest BCUT2D eigenvalue weighted by Gasteiger charge is 2.26. The molecule has 20 heavy (non-hydrogen) atoms. The van der Waals surface area contributed by atoms with Crippen LogP contribution in [0.4, 0.5) is 0 Å². The van der Waals surface area contributed by atoms with Gasteiger partial charge in [-0.25, -0.2) is 0 Å². The number of amides is 1. The van der Waals surface area contributed by atoms with Crippen LogP contribution in [0.15, 0.2) is 30.3 Å². The van der Waals surface area contributed by atoms with Crippen molar-refractivity contribution in [1.82, 2.24) is 5.32 Å². The van der Waals surface area contributed by atoms with Gasteiger partial charge in [0, 0.05) is 0 Å². The first-order valence-corrected chi connectivity index (χ1v) is 6.52. The minimum Gasteiger partial charge on any atom is -0.374 e. The number of carbonyl (C=O) groups excluding carboxylic acids is 2. The molecule has 1 atom stereocenters. The highest BCUT2D eigenvalue weighted by atomic mass is 16.5. The standard InChI is InChI=1S/C15H22N2O3/c1-11(18)13(17-14(19)15(2,3)16)10-20-9-12-7-5-4-6-8-12/h4-8,13H,9-10,16H2,1-3H3,(H,17,19). The smallest absolute Gasteiger partial charge is 0.240 e. The molecule has 0 bridgehead atoms. The maximum atomic E-state index is 11.8. The van der Waals surface area contributed by atoms with E-state index in [0.717, 1.165) is 5.56 Å². The summed E-state index contributed by atoms with van der Waals surface area (Å²) in [6.45, 7) is 5.12. The van der Waals surface area contributed by atoms with E-state index < -0.39 is 11.6 Å². The Labute approximate surface area is 119 Å². The molecule has 110 valence electrons. The van der Waals surface area contributed by atoms with Gasteiger partial charge in [0.05, 0.1) is 18.8 Å². The second-order valence-electron chi connectivity index (χ2n) is 5.36. The predicted molar refractivity (Wildman–Crippen MR) is 77.0 cm³/mol. The molecule has 5 nitrogen and oxygen atoms in total. The van der Waals surface area contributed by atoms with Gasteiger partial charge in [0.15, 0.2) is 5.78 Å². The van der Waals surface area contributed by atoms with Crippen molar-refractivity contribution < 1.29 is 14.3 Å². The molecule has 3 N–H and O–H groups in total. The highest BCUT2D eigenvalue weighted by Crippen LogP contribution is 2.03. The van der Waals surface area contributed by atoms with E-state index in [2.05, 4.69) is 5.32 Å². The lowest BCUT2D eigenvalue weighted by Crippen LogP contribution is -2.54. The average molecular weight is 278 g/mol. The van der Waals surface area contributed by atoms with Gasteiger partial charge >= 0.3 is 0 Å². The van der Waals surface area contributed by atoms with Crippen LogP contribution in [0.1, 0.15) is 26.3 Å². The van der Waals surface area contributed by atoms with Crippen molar-refractivity contribution in [2.24, 2.45) is 5.73 Å². The first-order valence-electron chi connectivity index (χ1n) is 6.52. The molecule has 1 unspecified atom stereocenters. The number of hydrogen-bond donors (Lipinski definition) is 2. The van der Waals surface area contributed by atoms with E-state index in [1.165, 1.54) is 6.92 Å². The monoisotopic (exact) mass is 278 g/mol. The molecule has 1 rings (SSSR count). The number of carbonyl (C=O) groups is 2. The molecule has 5 heteroatoms. The number of benzene rings is 1. The molecule has 1 amide bonds. The second-order valence-corrected chi connectivity index (χ2v) is 5.36. The fourth-order valence-corrected chi connectivity index (χ4v) is 1.47. The maximum absolute atomic E-state index is 11.8. The number of ether oxygens (including phenoxy) is 1. The Hall–Kier alpha value is -1.72. The number of nitrogens with one attached hydrogen (secondary N) is 1. The van der Waals surface area contributed by atoms with Crippen LogP contribution in [0, 0.1) is 0 Å². The summed E-state index contributed by atoms with van der Waals surface area (Å²) in [6.07, 6.45) is 0. The minimum atomic E-state index is -1.02. The molecule has 0 aliphatic carbocycles. The maximum Gasteiger partial charge on any atom is 0.240 e. The molecule has 0 radical (unpaired) electrons. The van der Waals surface area contributed by atoms with Gasteiger partial charge < -0.3 is 15.8 Å². The molecular weight excluding hydrogens is 256 g/mol. The molecule has 0 saturated heterocycles. The van der Waals surface area contributed by atoms with Crippen LogP contribution in [0.25, 0.3) is 0 Å². The Balaban J connectivity index is 2.48. The zero-order chi connectivity index (χ0) is 15.2. The third-order valence-electron chi connectivity index (χ3n) is 2.78. The topological polar surface area (TPSA) is 81.4 Å². The van der Waals surface area contributed by atoms with Crippen LogP contribution in [-0.2, 0) is 20.9 Å². The molecule has 0 heterocycles. The van der Waals surface area contributed by atoms with Crippen molar-refractivity contribution in [3.63, 3.8) is 0 Å². The second kappa shape index (κ2) is 7.17. The summed E-state index contributed by atoms with van der Waals surface area (Å²) in [6, 6.07) is 8.95. The quantitative estimate of drug-likeness (QED) is 0.780. The number of nitrogens with two attached hydrogens (primary N) is 1. The molecule has 0 spiro atoms. The van der Waals surface area contributed by atoms with Crippen LogP contribution in [0.3, 0.4) is 0 Å². The van der Waals surface area contributed by atoms with Crippen molar-refractivity contribution in [2.45, 2.75) is 39.0 Å². The zero-order valence-corrected chi connectivity index (χ0v) is 12.2. The zero-order valence-electron chi connectivity index (χ0n) is 12.2. The lowest BCUT2D eigenvalue weighted by Gasteiger charge is -2.22. The molecule has 0 fully saturated rings. The van der Waals surface area contributed by atoms with E-state index in [4.69, 9.17) is 10.5 Å². The number of ketones is 1. The van der Waals surface area contributed by atoms with Crippen molar-refractivity contribution in [3.05, 3.63) is 35.9 Å². The van der Waals surface area contributed by atoms with E-state index >= 15 is 0 Å². The Bertz CT molecular complexity index is 452. The van der Waals surface area contributed by atoms with Gasteiger partial charge in [0.2, 0.25) is 5.91 Å².